The smallest absolute Gasteiger partial charge is 0.234 e. The van der Waals surface area contributed by atoms with Crippen molar-refractivity contribution in [2.24, 2.45) is 7.05 Å². The van der Waals surface area contributed by atoms with Gasteiger partial charge in [0.2, 0.25) is 5.91 Å². The third kappa shape index (κ3) is 5.18. The average Bonchev–Trinajstić information content (AvgIpc) is 2.94. The van der Waals surface area contributed by atoms with E-state index < -0.39 is 0 Å². The largest absolute Gasteiger partial charge is 0.379 e. The average molecular weight is 382 g/mol. The Bertz CT molecular complexity index is 733. The van der Waals surface area contributed by atoms with Gasteiger partial charge in [0.1, 0.15) is 5.82 Å². The zero-order valence-corrected chi connectivity index (χ0v) is 15.5. The number of rotatable bonds is 6. The lowest BCUT2D eigenvalue weighted by Gasteiger charge is -2.25. The molecule has 1 saturated heterocycles. The van der Waals surface area contributed by atoms with Crippen molar-refractivity contribution in [3.63, 3.8) is 0 Å². The number of morpholine rings is 1. The summed E-state index contributed by atoms with van der Waals surface area (Å²) in [4.78, 5) is 14.4. The maximum absolute atomic E-state index is 12.1. The van der Waals surface area contributed by atoms with Crippen molar-refractivity contribution in [2.45, 2.75) is 11.7 Å². The number of carbonyl (C=O) groups is 1. The molecule has 2 aromatic rings. The number of ether oxygens (including phenoxy) is 1. The van der Waals surface area contributed by atoms with Crippen LogP contribution in [0.2, 0.25) is 5.02 Å². The summed E-state index contributed by atoms with van der Waals surface area (Å²) in [6.07, 6.45) is 0. The number of hydrogen-bond donors (Lipinski definition) is 1. The molecule has 1 aromatic heterocycles. The number of anilines is 1. The fraction of sp³-hybridized carbons (Fsp3) is 0.438. The highest BCUT2D eigenvalue weighted by Gasteiger charge is 2.16. The summed E-state index contributed by atoms with van der Waals surface area (Å²) < 4.78 is 7.29. The summed E-state index contributed by atoms with van der Waals surface area (Å²) >= 11 is 7.28. The highest BCUT2D eigenvalue weighted by Crippen LogP contribution is 2.19. The molecule has 0 bridgehead atoms. The lowest BCUT2D eigenvalue weighted by molar-refractivity contribution is -0.113. The Hall–Kier alpha value is -1.61. The second-order valence-corrected chi connectivity index (χ2v) is 7.07. The van der Waals surface area contributed by atoms with E-state index in [4.69, 9.17) is 16.3 Å². The maximum atomic E-state index is 12.1. The Kier molecular flexibility index (Phi) is 6.30. The number of benzene rings is 1. The van der Waals surface area contributed by atoms with Gasteiger partial charge in [-0.3, -0.25) is 9.69 Å². The topological polar surface area (TPSA) is 72.3 Å². The highest BCUT2D eigenvalue weighted by atomic mass is 35.5. The summed E-state index contributed by atoms with van der Waals surface area (Å²) in [5, 5.41) is 12.6. The Morgan fingerprint density at radius 1 is 1.36 bits per heavy atom. The number of amides is 1. The highest BCUT2D eigenvalue weighted by molar-refractivity contribution is 7.99. The summed E-state index contributed by atoms with van der Waals surface area (Å²) in [7, 11) is 1.92. The van der Waals surface area contributed by atoms with Gasteiger partial charge in [-0.1, -0.05) is 29.4 Å². The van der Waals surface area contributed by atoms with Crippen molar-refractivity contribution in [1.82, 2.24) is 19.7 Å². The minimum absolute atomic E-state index is 0.106. The molecule has 1 aliphatic heterocycles. The first kappa shape index (κ1) is 18.2. The lowest BCUT2D eigenvalue weighted by atomic mass is 10.3. The van der Waals surface area contributed by atoms with E-state index in [1.165, 1.54) is 11.8 Å². The van der Waals surface area contributed by atoms with Crippen molar-refractivity contribution in [3.8, 4) is 0 Å². The second-order valence-electron chi connectivity index (χ2n) is 5.69. The van der Waals surface area contributed by atoms with Gasteiger partial charge in [-0.25, -0.2) is 0 Å². The Morgan fingerprint density at radius 3 is 2.92 bits per heavy atom. The van der Waals surface area contributed by atoms with Crippen molar-refractivity contribution in [3.05, 3.63) is 35.1 Å². The Labute approximate surface area is 155 Å². The van der Waals surface area contributed by atoms with Gasteiger partial charge >= 0.3 is 0 Å². The van der Waals surface area contributed by atoms with Crippen molar-refractivity contribution < 1.29 is 9.53 Å². The molecule has 134 valence electrons. The van der Waals surface area contributed by atoms with E-state index in [2.05, 4.69) is 20.4 Å². The molecule has 1 amide bonds. The number of aromatic nitrogens is 3. The van der Waals surface area contributed by atoms with E-state index in [0.29, 0.717) is 10.7 Å². The number of halogens is 1. The van der Waals surface area contributed by atoms with E-state index in [0.717, 1.165) is 43.8 Å². The molecule has 1 aliphatic rings. The molecule has 0 atom stereocenters. The molecule has 0 aliphatic carbocycles. The first-order valence-corrected chi connectivity index (χ1v) is 9.35. The molecule has 0 unspecified atom stereocenters. The summed E-state index contributed by atoms with van der Waals surface area (Å²) in [5.41, 5.74) is 0.684. The molecule has 25 heavy (non-hydrogen) atoms. The van der Waals surface area contributed by atoms with Crippen LogP contribution in [0, 0.1) is 0 Å². The fourth-order valence-corrected chi connectivity index (χ4v) is 3.38. The quantitative estimate of drug-likeness (QED) is 0.772. The molecule has 2 heterocycles. The van der Waals surface area contributed by atoms with Gasteiger partial charge in [0.15, 0.2) is 5.16 Å². The summed E-state index contributed by atoms with van der Waals surface area (Å²) in [6.45, 7) is 4.04. The van der Waals surface area contributed by atoms with Crippen molar-refractivity contribution >= 4 is 35.0 Å². The standard InChI is InChI=1S/C16H20ClN5O2S/c1-21-14(10-22-5-7-24-8-6-22)19-20-16(21)25-11-15(23)18-13-4-2-3-12(17)9-13/h2-4,9H,5-8,10-11H2,1H3,(H,18,23). The summed E-state index contributed by atoms with van der Waals surface area (Å²) in [5.74, 6) is 1.04. The third-order valence-electron chi connectivity index (χ3n) is 3.83. The van der Waals surface area contributed by atoms with Crippen LogP contribution in [0.4, 0.5) is 5.69 Å². The number of nitrogens with zero attached hydrogens (tertiary/aromatic N) is 4. The van der Waals surface area contributed by atoms with Crippen LogP contribution in [0.3, 0.4) is 0 Å². The van der Waals surface area contributed by atoms with Crippen LogP contribution in [-0.4, -0.2) is 57.6 Å². The fourth-order valence-electron chi connectivity index (χ4n) is 2.46. The molecule has 0 radical (unpaired) electrons. The number of hydrogen-bond acceptors (Lipinski definition) is 6. The van der Waals surface area contributed by atoms with Gasteiger partial charge < -0.3 is 14.6 Å². The van der Waals surface area contributed by atoms with E-state index in [-0.39, 0.29) is 11.7 Å². The Morgan fingerprint density at radius 2 is 2.16 bits per heavy atom. The van der Waals surface area contributed by atoms with Gasteiger partial charge in [0.05, 0.1) is 25.5 Å². The van der Waals surface area contributed by atoms with Gasteiger partial charge in [-0.2, -0.15) is 0 Å². The van der Waals surface area contributed by atoms with Gasteiger partial charge in [-0.05, 0) is 18.2 Å². The minimum Gasteiger partial charge on any atom is -0.379 e. The Balaban J connectivity index is 1.52. The first-order valence-electron chi connectivity index (χ1n) is 7.98. The zero-order chi connectivity index (χ0) is 17.6. The molecule has 1 fully saturated rings. The minimum atomic E-state index is -0.106. The number of thioether (sulfide) groups is 1. The zero-order valence-electron chi connectivity index (χ0n) is 13.9. The van der Waals surface area contributed by atoms with E-state index in [9.17, 15) is 4.79 Å². The summed E-state index contributed by atoms with van der Waals surface area (Å²) in [6, 6.07) is 7.08. The normalized spacial score (nSPS) is 15.3. The van der Waals surface area contributed by atoms with Crippen LogP contribution in [0.1, 0.15) is 5.82 Å². The molecule has 7 nitrogen and oxygen atoms in total. The molecule has 0 spiro atoms. The van der Waals surface area contributed by atoms with Crippen LogP contribution in [0.15, 0.2) is 29.4 Å². The molecule has 9 heteroatoms. The molecular formula is C16H20ClN5O2S. The SMILES string of the molecule is Cn1c(CN2CCOCC2)nnc1SCC(=O)Nc1cccc(Cl)c1. The van der Waals surface area contributed by atoms with E-state index >= 15 is 0 Å². The monoisotopic (exact) mass is 381 g/mol. The molecule has 1 aromatic carbocycles. The van der Waals surface area contributed by atoms with Gasteiger partial charge in [0, 0.05) is 30.8 Å². The van der Waals surface area contributed by atoms with Gasteiger partial charge in [0.25, 0.3) is 0 Å². The number of carbonyl (C=O) groups excluding carboxylic acids is 1. The lowest BCUT2D eigenvalue weighted by Crippen LogP contribution is -2.36. The number of nitrogens with one attached hydrogen (secondary N) is 1. The first-order chi connectivity index (χ1) is 12.1. The molecule has 0 saturated carbocycles. The predicted molar refractivity (Wildman–Crippen MR) is 97.9 cm³/mol. The third-order valence-corrected chi connectivity index (χ3v) is 5.09. The predicted octanol–water partition coefficient (Wildman–Crippen LogP) is 2.03. The van der Waals surface area contributed by atoms with Crippen molar-refractivity contribution in [2.75, 3.05) is 37.4 Å². The van der Waals surface area contributed by atoms with Crippen LogP contribution < -0.4 is 5.32 Å². The van der Waals surface area contributed by atoms with Gasteiger partial charge in [-0.15, -0.1) is 10.2 Å². The van der Waals surface area contributed by atoms with Crippen molar-refractivity contribution in [1.29, 1.82) is 0 Å². The van der Waals surface area contributed by atoms with Crippen LogP contribution in [0.25, 0.3) is 0 Å². The van der Waals surface area contributed by atoms with Crippen LogP contribution in [0.5, 0.6) is 0 Å². The molecular weight excluding hydrogens is 362 g/mol. The second kappa shape index (κ2) is 8.66. The van der Waals surface area contributed by atoms with Crippen LogP contribution >= 0.6 is 23.4 Å². The molecule has 1 N–H and O–H groups in total. The molecule has 3 rings (SSSR count). The van der Waals surface area contributed by atoms with Crippen LogP contribution in [-0.2, 0) is 23.1 Å². The van der Waals surface area contributed by atoms with E-state index in [1.807, 2.05) is 11.6 Å². The van der Waals surface area contributed by atoms with E-state index in [1.54, 1.807) is 24.3 Å². The maximum Gasteiger partial charge on any atom is 0.234 e.